The number of hydrogen-bond donors (Lipinski definition) is 1. The second-order valence-electron chi connectivity index (χ2n) is 8.23. The third kappa shape index (κ3) is 6.49. The average Bonchev–Trinajstić information content (AvgIpc) is 2.68. The van der Waals surface area contributed by atoms with Crippen molar-refractivity contribution in [2.75, 3.05) is 23.7 Å². The number of nitrogens with zero attached hydrogens (tertiary/aromatic N) is 1. The Morgan fingerprint density at radius 3 is 2.17 bits per heavy atom. The van der Waals surface area contributed by atoms with Crippen molar-refractivity contribution in [3.05, 3.63) is 60.2 Å². The van der Waals surface area contributed by atoms with Gasteiger partial charge in [0.1, 0.15) is 18.4 Å². The summed E-state index contributed by atoms with van der Waals surface area (Å²) in [5.41, 5.74) is 1.76. The van der Waals surface area contributed by atoms with E-state index < -0.39 is 16.1 Å². The van der Waals surface area contributed by atoms with Gasteiger partial charge in [-0.25, -0.2) is 8.42 Å². The summed E-state index contributed by atoms with van der Waals surface area (Å²) < 4.78 is 31.6. The molecule has 1 N–H and O–H groups in total. The normalized spacial score (nSPS) is 12.8. The predicted molar refractivity (Wildman–Crippen MR) is 121 cm³/mol. The van der Waals surface area contributed by atoms with Gasteiger partial charge in [-0.3, -0.25) is 9.10 Å². The van der Waals surface area contributed by atoms with Crippen LogP contribution in [-0.2, 0) is 20.2 Å². The maximum Gasteiger partial charge on any atom is 0.244 e. The maximum atomic E-state index is 12.7. The molecule has 0 fully saturated rings. The van der Waals surface area contributed by atoms with Crippen LogP contribution in [0.2, 0.25) is 0 Å². The highest BCUT2D eigenvalue weighted by molar-refractivity contribution is 7.92. The number of hydrogen-bond acceptors (Lipinski definition) is 4. The molecule has 2 rings (SSSR count). The summed E-state index contributed by atoms with van der Waals surface area (Å²) in [6.07, 6.45) is 1.46. The second-order valence-corrected chi connectivity index (χ2v) is 10.1. The lowest BCUT2D eigenvalue weighted by atomic mass is 9.87. The van der Waals surface area contributed by atoms with Crippen molar-refractivity contribution >= 4 is 21.6 Å². The lowest BCUT2D eigenvalue weighted by Gasteiger charge is -2.30. The largest absolute Gasteiger partial charge is 0.492 e. The zero-order chi connectivity index (χ0) is 22.4. The van der Waals surface area contributed by atoms with Crippen LogP contribution < -0.4 is 14.4 Å². The van der Waals surface area contributed by atoms with Gasteiger partial charge in [-0.05, 0) is 41.7 Å². The number of sulfonamides is 1. The van der Waals surface area contributed by atoms with E-state index in [1.54, 1.807) is 37.3 Å². The van der Waals surface area contributed by atoms with E-state index in [2.05, 4.69) is 26.1 Å². The predicted octanol–water partition coefficient (Wildman–Crippen LogP) is 3.72. The first-order chi connectivity index (χ1) is 14.0. The van der Waals surface area contributed by atoms with Gasteiger partial charge in [0.15, 0.2) is 0 Å². The first-order valence-corrected chi connectivity index (χ1v) is 11.9. The smallest absolute Gasteiger partial charge is 0.244 e. The highest BCUT2D eigenvalue weighted by Crippen LogP contribution is 2.24. The molecule has 0 aliphatic carbocycles. The fraction of sp³-hybridized carbons (Fsp3) is 0.435. The van der Waals surface area contributed by atoms with Gasteiger partial charge >= 0.3 is 0 Å². The van der Waals surface area contributed by atoms with Crippen molar-refractivity contribution in [1.82, 2.24) is 5.32 Å². The fourth-order valence-corrected chi connectivity index (χ4v) is 4.36. The highest BCUT2D eigenvalue weighted by Gasteiger charge is 2.31. The number of para-hydroxylation sites is 1. The van der Waals surface area contributed by atoms with Crippen molar-refractivity contribution in [2.45, 2.75) is 45.6 Å². The van der Waals surface area contributed by atoms with Gasteiger partial charge in [0.25, 0.3) is 0 Å². The number of nitrogens with one attached hydrogen (secondary N) is 1. The Labute approximate surface area is 180 Å². The van der Waals surface area contributed by atoms with Gasteiger partial charge in [-0.1, -0.05) is 58.0 Å². The molecule has 2 aromatic carbocycles. The molecule has 6 nitrogen and oxygen atoms in total. The SMILES string of the molecule is CC[C@@H](C(=O)NCCOc1ccc(C(C)(C)C)cc1)N(c1ccccc1)S(C)(=O)=O. The molecule has 0 saturated heterocycles. The monoisotopic (exact) mass is 432 g/mol. The van der Waals surface area contributed by atoms with Gasteiger partial charge in [0.2, 0.25) is 15.9 Å². The number of anilines is 1. The molecular formula is C23H32N2O4S. The molecule has 0 aliphatic rings. The van der Waals surface area contributed by atoms with Crippen LogP contribution >= 0.6 is 0 Å². The summed E-state index contributed by atoms with van der Waals surface area (Å²) in [6.45, 7) is 8.82. The number of amides is 1. The molecule has 1 amide bonds. The van der Waals surface area contributed by atoms with Crippen LogP contribution in [0.4, 0.5) is 5.69 Å². The summed E-state index contributed by atoms with van der Waals surface area (Å²) >= 11 is 0. The zero-order valence-corrected chi connectivity index (χ0v) is 19.2. The summed E-state index contributed by atoms with van der Waals surface area (Å²) in [4.78, 5) is 12.7. The van der Waals surface area contributed by atoms with Gasteiger partial charge in [0, 0.05) is 0 Å². The van der Waals surface area contributed by atoms with E-state index in [1.807, 2.05) is 24.3 Å². The minimum atomic E-state index is -3.62. The Kier molecular flexibility index (Phi) is 7.89. The Balaban J connectivity index is 1.96. The zero-order valence-electron chi connectivity index (χ0n) is 18.4. The number of benzene rings is 2. The third-order valence-electron chi connectivity index (χ3n) is 4.73. The van der Waals surface area contributed by atoms with Crippen LogP contribution in [0.3, 0.4) is 0 Å². The van der Waals surface area contributed by atoms with E-state index in [0.29, 0.717) is 18.7 Å². The molecule has 0 radical (unpaired) electrons. The minimum Gasteiger partial charge on any atom is -0.492 e. The van der Waals surface area contributed by atoms with Gasteiger partial charge in [-0.15, -0.1) is 0 Å². The summed E-state index contributed by atoms with van der Waals surface area (Å²) in [5.74, 6) is 0.379. The van der Waals surface area contributed by atoms with E-state index in [4.69, 9.17) is 4.74 Å². The standard InChI is InChI=1S/C23H32N2O4S/c1-6-21(25(30(5,27)28)19-10-8-7-9-11-19)22(26)24-16-17-29-20-14-12-18(13-15-20)23(2,3)4/h7-15,21H,6,16-17H2,1-5H3,(H,24,26)/t21-/m0/s1. The Morgan fingerprint density at radius 2 is 1.67 bits per heavy atom. The Hall–Kier alpha value is -2.54. The van der Waals surface area contributed by atoms with Crippen molar-refractivity contribution in [3.8, 4) is 5.75 Å². The maximum absolute atomic E-state index is 12.7. The van der Waals surface area contributed by atoms with Crippen molar-refractivity contribution in [3.63, 3.8) is 0 Å². The Morgan fingerprint density at radius 1 is 1.07 bits per heavy atom. The molecule has 0 saturated carbocycles. The fourth-order valence-electron chi connectivity index (χ4n) is 3.15. The number of ether oxygens (including phenoxy) is 1. The molecule has 2 aromatic rings. The van der Waals surface area contributed by atoms with Crippen LogP contribution in [0.1, 0.15) is 39.7 Å². The lowest BCUT2D eigenvalue weighted by molar-refractivity contribution is -0.122. The molecule has 0 spiro atoms. The van der Waals surface area contributed by atoms with Crippen LogP contribution in [-0.4, -0.2) is 39.8 Å². The molecule has 30 heavy (non-hydrogen) atoms. The van der Waals surface area contributed by atoms with Crippen LogP contribution in [0, 0.1) is 0 Å². The van der Waals surface area contributed by atoms with E-state index in [9.17, 15) is 13.2 Å². The van der Waals surface area contributed by atoms with Gasteiger partial charge in [-0.2, -0.15) is 0 Å². The minimum absolute atomic E-state index is 0.0753. The van der Waals surface area contributed by atoms with Gasteiger partial charge < -0.3 is 10.1 Å². The number of rotatable bonds is 9. The highest BCUT2D eigenvalue weighted by atomic mass is 32.2. The van der Waals surface area contributed by atoms with Crippen molar-refractivity contribution in [1.29, 1.82) is 0 Å². The second kappa shape index (κ2) is 9.98. The molecule has 1 atom stereocenters. The number of carbonyl (C=O) groups is 1. The van der Waals surface area contributed by atoms with Crippen LogP contribution in [0.5, 0.6) is 5.75 Å². The molecule has 0 aliphatic heterocycles. The first kappa shape index (κ1) is 23.7. The quantitative estimate of drug-likeness (QED) is 0.613. The summed E-state index contributed by atoms with van der Waals surface area (Å²) in [7, 11) is -3.62. The summed E-state index contributed by atoms with van der Waals surface area (Å²) in [5, 5.41) is 2.79. The third-order valence-corrected chi connectivity index (χ3v) is 5.91. The van der Waals surface area contributed by atoms with E-state index in [1.165, 1.54) is 9.87 Å². The van der Waals surface area contributed by atoms with Gasteiger partial charge in [0.05, 0.1) is 18.5 Å². The van der Waals surface area contributed by atoms with E-state index in [0.717, 1.165) is 12.0 Å². The van der Waals surface area contributed by atoms with Crippen molar-refractivity contribution in [2.24, 2.45) is 0 Å². The molecule has 0 aromatic heterocycles. The molecule has 0 bridgehead atoms. The Bertz CT molecular complexity index is 920. The molecule has 7 heteroatoms. The topological polar surface area (TPSA) is 75.7 Å². The van der Waals surface area contributed by atoms with Crippen LogP contribution in [0.25, 0.3) is 0 Å². The first-order valence-electron chi connectivity index (χ1n) is 10.1. The van der Waals surface area contributed by atoms with E-state index >= 15 is 0 Å². The summed E-state index contributed by atoms with van der Waals surface area (Å²) in [6, 6.07) is 15.7. The van der Waals surface area contributed by atoms with E-state index in [-0.39, 0.29) is 17.9 Å². The molecular weight excluding hydrogens is 400 g/mol. The lowest BCUT2D eigenvalue weighted by Crippen LogP contribution is -2.49. The number of carbonyl (C=O) groups excluding carboxylic acids is 1. The van der Waals surface area contributed by atoms with Crippen molar-refractivity contribution < 1.29 is 17.9 Å². The average molecular weight is 433 g/mol. The molecule has 0 unspecified atom stereocenters. The molecule has 164 valence electrons. The molecule has 0 heterocycles. The van der Waals surface area contributed by atoms with Crippen LogP contribution in [0.15, 0.2) is 54.6 Å².